The van der Waals surface area contributed by atoms with E-state index in [1.165, 1.54) is 0 Å². The third-order valence-corrected chi connectivity index (χ3v) is 3.72. The second kappa shape index (κ2) is 4.90. The Morgan fingerprint density at radius 3 is 2.56 bits per heavy atom. The molecular formula is C14H19ClN2O. The molecule has 1 aliphatic heterocycles. The van der Waals surface area contributed by atoms with Crippen molar-refractivity contribution in [2.75, 3.05) is 11.4 Å². The van der Waals surface area contributed by atoms with E-state index in [-0.39, 0.29) is 17.5 Å². The van der Waals surface area contributed by atoms with Crippen LogP contribution >= 0.6 is 11.6 Å². The first kappa shape index (κ1) is 13.4. The van der Waals surface area contributed by atoms with E-state index >= 15 is 0 Å². The van der Waals surface area contributed by atoms with Crippen molar-refractivity contribution in [3.05, 3.63) is 29.3 Å². The van der Waals surface area contributed by atoms with Crippen LogP contribution in [0, 0.1) is 0 Å². The number of hydrogen-bond donors (Lipinski definition) is 1. The summed E-state index contributed by atoms with van der Waals surface area (Å²) in [5.74, 6) is 0.111. The molecule has 0 radical (unpaired) electrons. The predicted molar refractivity (Wildman–Crippen MR) is 75.1 cm³/mol. The van der Waals surface area contributed by atoms with Crippen LogP contribution in [0.25, 0.3) is 0 Å². The molecule has 0 bridgehead atoms. The zero-order valence-electron chi connectivity index (χ0n) is 11.0. The molecule has 1 heterocycles. The van der Waals surface area contributed by atoms with Crippen molar-refractivity contribution in [1.29, 1.82) is 0 Å². The summed E-state index contributed by atoms with van der Waals surface area (Å²) < 4.78 is 0. The van der Waals surface area contributed by atoms with Gasteiger partial charge in [0.25, 0.3) is 0 Å². The maximum atomic E-state index is 12.5. The Kier molecular flexibility index (Phi) is 3.64. The Morgan fingerprint density at radius 1 is 1.33 bits per heavy atom. The standard InChI is InChI=1S/C14H19ClN2O/c1-10-13(18)17(14(2,3)8-9-16-10)12-6-4-11(15)5-7-12/h4-7,10,16H,8-9H2,1-3H3. The molecule has 0 spiro atoms. The molecule has 0 saturated carbocycles. The Morgan fingerprint density at radius 2 is 1.94 bits per heavy atom. The summed E-state index contributed by atoms with van der Waals surface area (Å²) in [4.78, 5) is 14.4. The number of rotatable bonds is 1. The van der Waals surface area contributed by atoms with Crippen molar-refractivity contribution in [2.45, 2.75) is 38.8 Å². The van der Waals surface area contributed by atoms with Crippen LogP contribution in [0.4, 0.5) is 5.69 Å². The molecule has 1 amide bonds. The number of carbonyl (C=O) groups is 1. The zero-order valence-corrected chi connectivity index (χ0v) is 11.8. The second-order valence-electron chi connectivity index (χ2n) is 5.39. The summed E-state index contributed by atoms with van der Waals surface area (Å²) in [6.07, 6.45) is 0.922. The molecule has 3 nitrogen and oxygen atoms in total. The van der Waals surface area contributed by atoms with E-state index < -0.39 is 0 Å². The lowest BCUT2D eigenvalue weighted by atomic mass is 9.97. The van der Waals surface area contributed by atoms with E-state index in [1.54, 1.807) is 0 Å². The third kappa shape index (κ3) is 2.52. The summed E-state index contributed by atoms with van der Waals surface area (Å²) >= 11 is 5.90. The molecular weight excluding hydrogens is 248 g/mol. The van der Waals surface area contributed by atoms with Crippen LogP contribution in [0.1, 0.15) is 27.2 Å². The van der Waals surface area contributed by atoms with E-state index in [1.807, 2.05) is 36.1 Å². The Hall–Kier alpha value is -1.06. The smallest absolute Gasteiger partial charge is 0.244 e. The molecule has 0 aliphatic carbocycles. The van der Waals surface area contributed by atoms with Gasteiger partial charge in [-0.25, -0.2) is 0 Å². The van der Waals surface area contributed by atoms with Crippen molar-refractivity contribution in [3.63, 3.8) is 0 Å². The van der Waals surface area contributed by atoms with Gasteiger partial charge in [-0.1, -0.05) is 11.6 Å². The van der Waals surface area contributed by atoms with Gasteiger partial charge in [-0.15, -0.1) is 0 Å². The Bertz CT molecular complexity index is 442. The maximum absolute atomic E-state index is 12.5. The van der Waals surface area contributed by atoms with E-state index in [0.29, 0.717) is 5.02 Å². The zero-order chi connectivity index (χ0) is 13.3. The van der Waals surface area contributed by atoms with Crippen LogP contribution in [-0.2, 0) is 4.79 Å². The van der Waals surface area contributed by atoms with Crippen molar-refractivity contribution in [3.8, 4) is 0 Å². The van der Waals surface area contributed by atoms with Gasteiger partial charge in [0.15, 0.2) is 0 Å². The lowest BCUT2D eigenvalue weighted by molar-refractivity contribution is -0.120. The van der Waals surface area contributed by atoms with Gasteiger partial charge in [-0.2, -0.15) is 0 Å². The molecule has 2 rings (SSSR count). The van der Waals surface area contributed by atoms with Gasteiger partial charge >= 0.3 is 0 Å². The fraction of sp³-hybridized carbons (Fsp3) is 0.500. The van der Waals surface area contributed by atoms with E-state index in [4.69, 9.17) is 11.6 Å². The van der Waals surface area contributed by atoms with Crippen LogP contribution < -0.4 is 10.2 Å². The van der Waals surface area contributed by atoms with Crippen molar-refractivity contribution in [2.24, 2.45) is 0 Å². The highest BCUT2D eigenvalue weighted by molar-refractivity contribution is 6.30. The average molecular weight is 267 g/mol. The third-order valence-electron chi connectivity index (χ3n) is 3.47. The lowest BCUT2D eigenvalue weighted by Gasteiger charge is -2.37. The first-order chi connectivity index (χ1) is 8.42. The monoisotopic (exact) mass is 266 g/mol. The van der Waals surface area contributed by atoms with Gasteiger partial charge < -0.3 is 10.2 Å². The fourth-order valence-corrected chi connectivity index (χ4v) is 2.48. The van der Waals surface area contributed by atoms with Gasteiger partial charge in [0.05, 0.1) is 6.04 Å². The first-order valence-corrected chi connectivity index (χ1v) is 6.63. The van der Waals surface area contributed by atoms with Gasteiger partial charge in [0.2, 0.25) is 5.91 Å². The number of benzene rings is 1. The van der Waals surface area contributed by atoms with Gasteiger partial charge in [0, 0.05) is 16.2 Å². The molecule has 1 fully saturated rings. The molecule has 0 aromatic heterocycles. The van der Waals surface area contributed by atoms with Crippen molar-refractivity contribution < 1.29 is 4.79 Å². The highest BCUT2D eigenvalue weighted by Crippen LogP contribution is 2.29. The van der Waals surface area contributed by atoms with Crippen LogP contribution in [0.5, 0.6) is 0 Å². The van der Waals surface area contributed by atoms with Gasteiger partial charge in [0.1, 0.15) is 0 Å². The van der Waals surface area contributed by atoms with Crippen molar-refractivity contribution in [1.82, 2.24) is 5.32 Å². The second-order valence-corrected chi connectivity index (χ2v) is 5.82. The predicted octanol–water partition coefficient (Wildman–Crippen LogP) is 2.83. The van der Waals surface area contributed by atoms with E-state index in [0.717, 1.165) is 18.7 Å². The minimum absolute atomic E-state index is 0.111. The summed E-state index contributed by atoms with van der Waals surface area (Å²) in [5, 5.41) is 3.93. The summed E-state index contributed by atoms with van der Waals surface area (Å²) in [7, 11) is 0. The minimum Gasteiger partial charge on any atom is -0.306 e. The normalized spacial score (nSPS) is 23.9. The minimum atomic E-state index is -0.192. The SMILES string of the molecule is CC1NCCC(C)(C)N(c2ccc(Cl)cc2)C1=O. The Labute approximate surface area is 113 Å². The number of halogens is 1. The fourth-order valence-electron chi connectivity index (χ4n) is 2.35. The molecule has 1 atom stereocenters. The molecule has 4 heteroatoms. The number of nitrogens with one attached hydrogen (secondary N) is 1. The first-order valence-electron chi connectivity index (χ1n) is 6.25. The average Bonchev–Trinajstić information content (AvgIpc) is 2.39. The summed E-state index contributed by atoms with van der Waals surface area (Å²) in [6, 6.07) is 7.30. The molecule has 1 unspecified atom stereocenters. The summed E-state index contributed by atoms with van der Waals surface area (Å²) in [6.45, 7) is 6.95. The number of amides is 1. The summed E-state index contributed by atoms with van der Waals surface area (Å²) in [5.41, 5.74) is 0.716. The molecule has 1 N–H and O–H groups in total. The highest BCUT2D eigenvalue weighted by Gasteiger charge is 2.36. The number of carbonyl (C=O) groups excluding carboxylic acids is 1. The quantitative estimate of drug-likeness (QED) is 0.848. The van der Waals surface area contributed by atoms with Crippen molar-refractivity contribution >= 4 is 23.2 Å². The molecule has 1 aromatic carbocycles. The number of nitrogens with zero attached hydrogens (tertiary/aromatic N) is 1. The maximum Gasteiger partial charge on any atom is 0.244 e. The number of hydrogen-bond acceptors (Lipinski definition) is 2. The van der Waals surface area contributed by atoms with Gasteiger partial charge in [-0.05, 0) is 58.0 Å². The molecule has 1 aromatic rings. The Balaban J connectivity index is 2.42. The van der Waals surface area contributed by atoms with Crippen LogP contribution in [0.2, 0.25) is 5.02 Å². The van der Waals surface area contributed by atoms with E-state index in [2.05, 4.69) is 19.2 Å². The molecule has 1 aliphatic rings. The number of anilines is 1. The molecule has 1 saturated heterocycles. The van der Waals surface area contributed by atoms with Crippen LogP contribution in [-0.4, -0.2) is 24.0 Å². The van der Waals surface area contributed by atoms with Gasteiger partial charge in [-0.3, -0.25) is 4.79 Å². The topological polar surface area (TPSA) is 32.3 Å². The molecule has 98 valence electrons. The lowest BCUT2D eigenvalue weighted by Crippen LogP contribution is -2.50. The largest absolute Gasteiger partial charge is 0.306 e. The van der Waals surface area contributed by atoms with Crippen LogP contribution in [0.3, 0.4) is 0 Å². The highest BCUT2D eigenvalue weighted by atomic mass is 35.5. The van der Waals surface area contributed by atoms with Crippen LogP contribution in [0.15, 0.2) is 24.3 Å². The molecule has 18 heavy (non-hydrogen) atoms. The van der Waals surface area contributed by atoms with E-state index in [9.17, 15) is 4.79 Å².